The Hall–Kier alpha value is -1.57. The molecule has 16 heavy (non-hydrogen) atoms. The smallest absolute Gasteiger partial charge is 0.310 e. The van der Waals surface area contributed by atoms with Crippen molar-refractivity contribution >= 4 is 17.6 Å². The van der Waals surface area contributed by atoms with Gasteiger partial charge in [0.2, 0.25) is 0 Å². The lowest BCUT2D eigenvalue weighted by molar-refractivity contribution is -0.139. The van der Waals surface area contributed by atoms with E-state index in [4.69, 9.17) is 22.6 Å². The molecule has 2 N–H and O–H groups in total. The predicted octanol–water partition coefficient (Wildman–Crippen LogP) is 1.39. The van der Waals surface area contributed by atoms with Gasteiger partial charge in [-0.1, -0.05) is 11.6 Å². The van der Waals surface area contributed by atoms with Gasteiger partial charge in [0.1, 0.15) is 0 Å². The Morgan fingerprint density at radius 3 is 2.81 bits per heavy atom. The van der Waals surface area contributed by atoms with Crippen molar-refractivity contribution in [2.45, 2.75) is 13.0 Å². The Balaban J connectivity index is 3.23. The standard InChI is InChI=1S/C11H11ClN2O2/c1-16-11(15)4-10-7(5-13)2-9(12)3-8(10)6-14/h2-3H,4-5,13H2,1H3. The third kappa shape index (κ3) is 2.72. The molecule has 0 fully saturated rings. The third-order valence-electron chi connectivity index (χ3n) is 2.20. The van der Waals surface area contributed by atoms with E-state index in [9.17, 15) is 4.79 Å². The van der Waals surface area contributed by atoms with E-state index in [-0.39, 0.29) is 13.0 Å². The summed E-state index contributed by atoms with van der Waals surface area (Å²) in [6.07, 6.45) is 0.0308. The maximum Gasteiger partial charge on any atom is 0.310 e. The zero-order valence-electron chi connectivity index (χ0n) is 8.79. The lowest BCUT2D eigenvalue weighted by atomic mass is 9.99. The maximum atomic E-state index is 11.2. The van der Waals surface area contributed by atoms with Gasteiger partial charge in [-0.05, 0) is 23.3 Å². The van der Waals surface area contributed by atoms with Gasteiger partial charge < -0.3 is 10.5 Å². The zero-order valence-corrected chi connectivity index (χ0v) is 9.54. The summed E-state index contributed by atoms with van der Waals surface area (Å²) in [6, 6.07) is 5.16. The minimum Gasteiger partial charge on any atom is -0.469 e. The first-order valence-corrected chi connectivity index (χ1v) is 4.98. The quantitative estimate of drug-likeness (QED) is 0.808. The van der Waals surface area contributed by atoms with Crippen LogP contribution in [0.5, 0.6) is 0 Å². The molecular weight excluding hydrogens is 228 g/mol. The molecule has 84 valence electrons. The minimum atomic E-state index is -0.409. The summed E-state index contributed by atoms with van der Waals surface area (Å²) >= 11 is 5.83. The summed E-state index contributed by atoms with van der Waals surface area (Å²) in [6.45, 7) is 0.224. The average molecular weight is 239 g/mol. The summed E-state index contributed by atoms with van der Waals surface area (Å²) in [5.41, 5.74) is 7.17. The second-order valence-electron chi connectivity index (χ2n) is 3.16. The minimum absolute atomic E-state index is 0.0308. The van der Waals surface area contributed by atoms with Crippen LogP contribution in [0.2, 0.25) is 5.02 Å². The van der Waals surface area contributed by atoms with E-state index < -0.39 is 5.97 Å². The number of nitrogens with zero attached hydrogens (tertiary/aromatic N) is 1. The van der Waals surface area contributed by atoms with Crippen molar-refractivity contribution in [1.29, 1.82) is 5.26 Å². The number of nitriles is 1. The number of hydrogen-bond acceptors (Lipinski definition) is 4. The molecule has 5 heteroatoms. The van der Waals surface area contributed by atoms with Crippen LogP contribution in [-0.4, -0.2) is 13.1 Å². The number of rotatable bonds is 3. The van der Waals surface area contributed by atoms with E-state index in [1.54, 1.807) is 6.07 Å². The highest BCUT2D eigenvalue weighted by atomic mass is 35.5. The highest BCUT2D eigenvalue weighted by Crippen LogP contribution is 2.21. The predicted molar refractivity (Wildman–Crippen MR) is 59.8 cm³/mol. The number of halogens is 1. The van der Waals surface area contributed by atoms with Crippen LogP contribution >= 0.6 is 11.6 Å². The fourth-order valence-electron chi connectivity index (χ4n) is 1.40. The number of hydrogen-bond donors (Lipinski definition) is 1. The molecular formula is C11H11ClN2O2. The van der Waals surface area contributed by atoms with Gasteiger partial charge in [0, 0.05) is 11.6 Å². The maximum absolute atomic E-state index is 11.2. The van der Waals surface area contributed by atoms with E-state index in [1.165, 1.54) is 13.2 Å². The van der Waals surface area contributed by atoms with Crippen LogP contribution in [-0.2, 0) is 22.5 Å². The van der Waals surface area contributed by atoms with E-state index in [0.29, 0.717) is 21.7 Å². The van der Waals surface area contributed by atoms with Crippen LogP contribution in [0.1, 0.15) is 16.7 Å². The van der Waals surface area contributed by atoms with Gasteiger partial charge in [0.15, 0.2) is 0 Å². The molecule has 4 nitrogen and oxygen atoms in total. The second-order valence-corrected chi connectivity index (χ2v) is 3.60. The van der Waals surface area contributed by atoms with Gasteiger partial charge in [-0.3, -0.25) is 4.79 Å². The topological polar surface area (TPSA) is 76.1 Å². The molecule has 1 aromatic rings. The van der Waals surface area contributed by atoms with Crippen LogP contribution in [0.4, 0.5) is 0 Å². The van der Waals surface area contributed by atoms with Gasteiger partial charge >= 0.3 is 5.97 Å². The van der Waals surface area contributed by atoms with Crippen molar-refractivity contribution < 1.29 is 9.53 Å². The molecule has 0 bridgehead atoms. The van der Waals surface area contributed by atoms with Crippen LogP contribution in [0.3, 0.4) is 0 Å². The van der Waals surface area contributed by atoms with Crippen LogP contribution in [0, 0.1) is 11.3 Å². The fraction of sp³-hybridized carbons (Fsp3) is 0.273. The Bertz CT molecular complexity index is 452. The average Bonchev–Trinajstić information content (AvgIpc) is 2.30. The van der Waals surface area contributed by atoms with E-state index in [2.05, 4.69) is 4.74 Å². The van der Waals surface area contributed by atoms with E-state index >= 15 is 0 Å². The molecule has 0 saturated heterocycles. The van der Waals surface area contributed by atoms with Crippen LogP contribution < -0.4 is 5.73 Å². The summed E-state index contributed by atoms with van der Waals surface area (Å²) in [5.74, 6) is -0.409. The molecule has 0 aliphatic heterocycles. The van der Waals surface area contributed by atoms with Crippen molar-refractivity contribution in [3.05, 3.63) is 33.8 Å². The highest BCUT2D eigenvalue weighted by Gasteiger charge is 2.13. The van der Waals surface area contributed by atoms with E-state index in [0.717, 1.165) is 0 Å². The number of carbonyl (C=O) groups is 1. The second kappa shape index (κ2) is 5.50. The molecule has 0 radical (unpaired) electrons. The van der Waals surface area contributed by atoms with Gasteiger partial charge in [0.25, 0.3) is 0 Å². The molecule has 0 atom stereocenters. The Morgan fingerprint density at radius 1 is 1.62 bits per heavy atom. The Labute approximate surface area is 98.6 Å². The van der Waals surface area contributed by atoms with E-state index in [1.807, 2.05) is 6.07 Å². The van der Waals surface area contributed by atoms with Crippen molar-refractivity contribution in [3.8, 4) is 6.07 Å². The highest BCUT2D eigenvalue weighted by molar-refractivity contribution is 6.30. The largest absolute Gasteiger partial charge is 0.469 e. The van der Waals surface area contributed by atoms with Crippen molar-refractivity contribution in [2.75, 3.05) is 7.11 Å². The number of methoxy groups -OCH3 is 1. The molecule has 0 aliphatic carbocycles. The Morgan fingerprint density at radius 2 is 2.31 bits per heavy atom. The fourth-order valence-corrected chi connectivity index (χ4v) is 1.64. The molecule has 0 spiro atoms. The number of carbonyl (C=O) groups excluding carboxylic acids is 1. The molecule has 0 unspecified atom stereocenters. The summed E-state index contributed by atoms with van der Waals surface area (Å²) < 4.78 is 4.56. The Kier molecular flexibility index (Phi) is 4.29. The first-order chi connectivity index (χ1) is 7.62. The number of benzene rings is 1. The van der Waals surface area contributed by atoms with Gasteiger partial charge in [-0.2, -0.15) is 5.26 Å². The van der Waals surface area contributed by atoms with Crippen LogP contribution in [0.15, 0.2) is 12.1 Å². The van der Waals surface area contributed by atoms with Crippen molar-refractivity contribution in [1.82, 2.24) is 0 Å². The number of ether oxygens (including phenoxy) is 1. The molecule has 0 heterocycles. The molecule has 0 aromatic heterocycles. The zero-order chi connectivity index (χ0) is 12.1. The molecule has 0 saturated carbocycles. The van der Waals surface area contributed by atoms with Gasteiger partial charge in [-0.25, -0.2) is 0 Å². The monoisotopic (exact) mass is 238 g/mol. The summed E-state index contributed by atoms with van der Waals surface area (Å²) in [4.78, 5) is 11.2. The SMILES string of the molecule is COC(=O)Cc1c(C#N)cc(Cl)cc1CN. The molecule has 1 aromatic carbocycles. The first kappa shape index (κ1) is 12.5. The summed E-state index contributed by atoms with van der Waals surface area (Å²) in [7, 11) is 1.30. The first-order valence-electron chi connectivity index (χ1n) is 4.60. The van der Waals surface area contributed by atoms with Crippen molar-refractivity contribution in [2.24, 2.45) is 5.73 Å². The van der Waals surface area contributed by atoms with Crippen molar-refractivity contribution in [3.63, 3.8) is 0 Å². The third-order valence-corrected chi connectivity index (χ3v) is 2.41. The number of nitrogens with two attached hydrogens (primary N) is 1. The molecule has 0 aliphatic rings. The summed E-state index contributed by atoms with van der Waals surface area (Å²) in [5, 5.41) is 9.38. The lowest BCUT2D eigenvalue weighted by Crippen LogP contribution is -2.11. The van der Waals surface area contributed by atoms with Gasteiger partial charge in [-0.15, -0.1) is 0 Å². The normalized spacial score (nSPS) is 9.62. The molecule has 0 amide bonds. The van der Waals surface area contributed by atoms with Gasteiger partial charge in [0.05, 0.1) is 25.2 Å². The number of esters is 1. The molecule has 1 rings (SSSR count). The van der Waals surface area contributed by atoms with Crippen LogP contribution in [0.25, 0.3) is 0 Å². The lowest BCUT2D eigenvalue weighted by Gasteiger charge is -2.09.